The summed E-state index contributed by atoms with van der Waals surface area (Å²) >= 11 is 0. The first-order chi connectivity index (χ1) is 7.15. The SMILES string of the molecule is CNCCCN(C)C(=O)c1nc(N)n[nH]1. The number of carbonyl (C=O) groups is 1. The lowest BCUT2D eigenvalue weighted by molar-refractivity contribution is 0.0782. The Morgan fingerprint density at radius 1 is 1.67 bits per heavy atom. The van der Waals surface area contributed by atoms with Crippen molar-refractivity contribution in [3.63, 3.8) is 0 Å². The van der Waals surface area contributed by atoms with Crippen molar-refractivity contribution in [1.29, 1.82) is 0 Å². The van der Waals surface area contributed by atoms with Gasteiger partial charge < -0.3 is 16.0 Å². The number of aromatic amines is 1. The van der Waals surface area contributed by atoms with Crippen molar-refractivity contribution >= 4 is 11.9 Å². The maximum Gasteiger partial charge on any atom is 0.290 e. The highest BCUT2D eigenvalue weighted by molar-refractivity contribution is 5.90. The van der Waals surface area contributed by atoms with Crippen LogP contribution in [0.15, 0.2) is 0 Å². The van der Waals surface area contributed by atoms with Gasteiger partial charge in [0.05, 0.1) is 0 Å². The van der Waals surface area contributed by atoms with Crippen molar-refractivity contribution in [2.75, 3.05) is 32.9 Å². The fourth-order valence-corrected chi connectivity index (χ4v) is 1.15. The Morgan fingerprint density at radius 2 is 2.40 bits per heavy atom. The molecule has 1 aromatic rings. The number of rotatable bonds is 5. The summed E-state index contributed by atoms with van der Waals surface area (Å²) in [6.45, 7) is 1.54. The third kappa shape index (κ3) is 3.21. The Hall–Kier alpha value is -1.63. The van der Waals surface area contributed by atoms with Crippen LogP contribution in [0.1, 0.15) is 17.0 Å². The van der Waals surface area contributed by atoms with E-state index in [2.05, 4.69) is 20.5 Å². The molecule has 0 aliphatic carbocycles. The number of aromatic nitrogens is 3. The van der Waals surface area contributed by atoms with Gasteiger partial charge in [0, 0.05) is 13.6 Å². The van der Waals surface area contributed by atoms with E-state index in [4.69, 9.17) is 5.73 Å². The van der Waals surface area contributed by atoms with Gasteiger partial charge in [0.1, 0.15) is 0 Å². The smallest absolute Gasteiger partial charge is 0.290 e. The second kappa shape index (κ2) is 5.30. The summed E-state index contributed by atoms with van der Waals surface area (Å²) in [5.41, 5.74) is 5.30. The fourth-order valence-electron chi connectivity index (χ4n) is 1.15. The summed E-state index contributed by atoms with van der Waals surface area (Å²) in [6, 6.07) is 0. The van der Waals surface area contributed by atoms with E-state index in [1.54, 1.807) is 11.9 Å². The summed E-state index contributed by atoms with van der Waals surface area (Å²) in [4.78, 5) is 17.0. The number of amides is 1. The van der Waals surface area contributed by atoms with Crippen LogP contribution in [0.4, 0.5) is 5.95 Å². The molecule has 0 spiro atoms. The first-order valence-corrected chi connectivity index (χ1v) is 4.73. The first-order valence-electron chi connectivity index (χ1n) is 4.73. The van der Waals surface area contributed by atoms with Gasteiger partial charge in [0.15, 0.2) is 0 Å². The quantitative estimate of drug-likeness (QED) is 0.547. The molecule has 7 nitrogen and oxygen atoms in total. The zero-order valence-electron chi connectivity index (χ0n) is 8.95. The van der Waals surface area contributed by atoms with Gasteiger partial charge in [-0.3, -0.25) is 9.89 Å². The molecule has 1 aromatic heterocycles. The number of anilines is 1. The van der Waals surface area contributed by atoms with E-state index in [9.17, 15) is 4.79 Å². The highest BCUT2D eigenvalue weighted by Crippen LogP contribution is 1.98. The van der Waals surface area contributed by atoms with Crippen LogP contribution in [-0.2, 0) is 0 Å². The van der Waals surface area contributed by atoms with Gasteiger partial charge >= 0.3 is 0 Å². The normalized spacial score (nSPS) is 10.3. The van der Waals surface area contributed by atoms with E-state index in [0.29, 0.717) is 6.54 Å². The van der Waals surface area contributed by atoms with Crippen molar-refractivity contribution in [2.45, 2.75) is 6.42 Å². The molecule has 0 aliphatic rings. The molecule has 0 aromatic carbocycles. The molecule has 84 valence electrons. The largest absolute Gasteiger partial charge is 0.366 e. The maximum absolute atomic E-state index is 11.7. The number of hydrogen-bond donors (Lipinski definition) is 3. The molecule has 0 saturated carbocycles. The molecule has 7 heteroatoms. The molecule has 0 bridgehead atoms. The third-order valence-electron chi connectivity index (χ3n) is 1.97. The summed E-state index contributed by atoms with van der Waals surface area (Å²) in [6.07, 6.45) is 0.891. The molecule has 0 aliphatic heterocycles. The lowest BCUT2D eigenvalue weighted by Gasteiger charge is -2.14. The number of nitrogens with one attached hydrogen (secondary N) is 2. The summed E-state index contributed by atoms with van der Waals surface area (Å²) in [5, 5.41) is 9.09. The summed E-state index contributed by atoms with van der Waals surface area (Å²) < 4.78 is 0. The molecule has 4 N–H and O–H groups in total. The van der Waals surface area contributed by atoms with Crippen molar-refractivity contribution < 1.29 is 4.79 Å². The molecule has 0 atom stereocenters. The van der Waals surface area contributed by atoms with Gasteiger partial charge in [-0.1, -0.05) is 0 Å². The van der Waals surface area contributed by atoms with Gasteiger partial charge in [0.2, 0.25) is 11.8 Å². The number of nitrogens with two attached hydrogens (primary N) is 1. The predicted molar refractivity (Wildman–Crippen MR) is 56.3 cm³/mol. The minimum atomic E-state index is -0.199. The Balaban J connectivity index is 2.46. The van der Waals surface area contributed by atoms with E-state index in [0.717, 1.165) is 13.0 Å². The van der Waals surface area contributed by atoms with Crippen LogP contribution in [-0.4, -0.2) is 53.2 Å². The molecule has 0 radical (unpaired) electrons. The average molecular weight is 212 g/mol. The molecular weight excluding hydrogens is 196 g/mol. The van der Waals surface area contributed by atoms with Crippen LogP contribution in [0, 0.1) is 0 Å². The third-order valence-corrected chi connectivity index (χ3v) is 1.97. The zero-order chi connectivity index (χ0) is 11.3. The van der Waals surface area contributed by atoms with Crippen LogP contribution < -0.4 is 11.1 Å². The Morgan fingerprint density at radius 3 is 2.93 bits per heavy atom. The molecule has 1 heterocycles. The van der Waals surface area contributed by atoms with Crippen molar-refractivity contribution in [3.8, 4) is 0 Å². The average Bonchev–Trinajstić information content (AvgIpc) is 2.64. The van der Waals surface area contributed by atoms with Gasteiger partial charge in [0.25, 0.3) is 5.91 Å². The number of nitrogen functional groups attached to an aromatic ring is 1. The number of H-pyrrole nitrogens is 1. The Kier molecular flexibility index (Phi) is 4.04. The predicted octanol–water partition coefficient (Wildman–Crippen LogP) is -0.932. The lowest BCUT2D eigenvalue weighted by Crippen LogP contribution is -2.30. The van der Waals surface area contributed by atoms with E-state index in [1.165, 1.54) is 0 Å². The molecular formula is C8H16N6O. The minimum absolute atomic E-state index is 0.0852. The van der Waals surface area contributed by atoms with Crippen LogP contribution >= 0.6 is 0 Å². The van der Waals surface area contributed by atoms with Crippen molar-refractivity contribution in [2.24, 2.45) is 0 Å². The maximum atomic E-state index is 11.7. The fraction of sp³-hybridized carbons (Fsp3) is 0.625. The number of nitrogens with zero attached hydrogens (tertiary/aromatic N) is 3. The minimum Gasteiger partial charge on any atom is -0.366 e. The van der Waals surface area contributed by atoms with Crippen LogP contribution in [0.25, 0.3) is 0 Å². The number of carbonyl (C=O) groups excluding carboxylic acids is 1. The molecule has 15 heavy (non-hydrogen) atoms. The topological polar surface area (TPSA) is 99.9 Å². The standard InChI is InChI=1S/C8H16N6O/c1-10-4-3-5-14(2)7(15)6-11-8(9)13-12-6/h10H,3-5H2,1-2H3,(H3,9,11,12,13). The molecule has 0 unspecified atom stereocenters. The van der Waals surface area contributed by atoms with Crippen LogP contribution in [0.2, 0.25) is 0 Å². The highest BCUT2D eigenvalue weighted by Gasteiger charge is 2.14. The van der Waals surface area contributed by atoms with E-state index in [-0.39, 0.29) is 17.7 Å². The van der Waals surface area contributed by atoms with Gasteiger partial charge in [-0.2, -0.15) is 4.98 Å². The molecule has 0 fully saturated rings. The second-order valence-electron chi connectivity index (χ2n) is 3.23. The van der Waals surface area contributed by atoms with E-state index < -0.39 is 0 Å². The summed E-state index contributed by atoms with van der Waals surface area (Å²) in [5.74, 6) is 0.0664. The summed E-state index contributed by atoms with van der Waals surface area (Å²) in [7, 11) is 3.59. The zero-order valence-corrected chi connectivity index (χ0v) is 8.95. The van der Waals surface area contributed by atoms with Gasteiger partial charge in [-0.25, -0.2) is 0 Å². The highest BCUT2D eigenvalue weighted by atomic mass is 16.2. The number of hydrogen-bond acceptors (Lipinski definition) is 5. The molecule has 1 amide bonds. The van der Waals surface area contributed by atoms with Crippen LogP contribution in [0.3, 0.4) is 0 Å². The first kappa shape index (κ1) is 11.4. The Bertz CT molecular complexity index is 323. The molecule has 1 rings (SSSR count). The second-order valence-corrected chi connectivity index (χ2v) is 3.23. The van der Waals surface area contributed by atoms with Crippen molar-refractivity contribution in [1.82, 2.24) is 25.4 Å². The van der Waals surface area contributed by atoms with E-state index >= 15 is 0 Å². The van der Waals surface area contributed by atoms with Crippen LogP contribution in [0.5, 0.6) is 0 Å². The monoisotopic (exact) mass is 212 g/mol. The van der Waals surface area contributed by atoms with Crippen molar-refractivity contribution in [3.05, 3.63) is 5.82 Å². The van der Waals surface area contributed by atoms with E-state index in [1.807, 2.05) is 7.05 Å². The molecule has 0 saturated heterocycles. The van der Waals surface area contributed by atoms with Gasteiger partial charge in [-0.15, -0.1) is 5.10 Å². The van der Waals surface area contributed by atoms with Gasteiger partial charge in [-0.05, 0) is 20.0 Å². The lowest BCUT2D eigenvalue weighted by atomic mass is 10.4. The Labute approximate surface area is 88.0 Å².